The van der Waals surface area contributed by atoms with Crippen molar-refractivity contribution in [1.82, 2.24) is 10.2 Å². The van der Waals surface area contributed by atoms with E-state index in [1.807, 2.05) is 19.0 Å². The highest BCUT2D eigenvalue weighted by atomic mass is 15.4. The zero-order valence-corrected chi connectivity index (χ0v) is 7.28. The summed E-state index contributed by atoms with van der Waals surface area (Å²) in [6, 6.07) is 0. The van der Waals surface area contributed by atoms with Crippen molar-refractivity contribution >= 4 is 11.9 Å². The fourth-order valence-corrected chi connectivity index (χ4v) is 0.808. The molecule has 0 aliphatic carbocycles. The highest BCUT2D eigenvalue weighted by Gasteiger charge is 2.12. The van der Waals surface area contributed by atoms with Gasteiger partial charge in [-0.15, -0.1) is 0 Å². The van der Waals surface area contributed by atoms with Gasteiger partial charge in [-0.3, -0.25) is 5.32 Å². The van der Waals surface area contributed by atoms with Gasteiger partial charge in [0.2, 0.25) is 5.96 Å². The van der Waals surface area contributed by atoms with E-state index in [4.69, 9.17) is 5.73 Å². The molecule has 1 heterocycles. The number of guanidine groups is 2. The minimum absolute atomic E-state index is 0.261. The minimum Gasteiger partial charge on any atom is -0.370 e. The van der Waals surface area contributed by atoms with Crippen molar-refractivity contribution in [3.63, 3.8) is 0 Å². The topological polar surface area (TPSA) is 66.0 Å². The lowest BCUT2D eigenvalue weighted by atomic mass is 10.5. The van der Waals surface area contributed by atoms with Crippen LogP contribution in [-0.2, 0) is 0 Å². The third-order valence-electron chi connectivity index (χ3n) is 1.40. The van der Waals surface area contributed by atoms with Crippen molar-refractivity contribution in [3.8, 4) is 0 Å². The molecular weight excluding hydrogens is 154 g/mol. The number of nitrogens with two attached hydrogens (primary N) is 1. The Bertz CT molecular complexity index is 240. The summed E-state index contributed by atoms with van der Waals surface area (Å²) in [6.45, 7) is 3.60. The second-order valence-corrected chi connectivity index (χ2v) is 2.64. The van der Waals surface area contributed by atoms with Gasteiger partial charge in [0.15, 0.2) is 12.1 Å². The van der Waals surface area contributed by atoms with Crippen molar-refractivity contribution in [1.29, 1.82) is 0 Å². The van der Waals surface area contributed by atoms with E-state index in [0.29, 0.717) is 11.9 Å². The Balaban J connectivity index is 2.79. The van der Waals surface area contributed by atoms with Crippen LogP contribution < -0.4 is 11.1 Å². The zero-order valence-electron chi connectivity index (χ0n) is 7.28. The molecule has 0 radical (unpaired) electrons. The second kappa shape index (κ2) is 3.25. The highest BCUT2D eigenvalue weighted by molar-refractivity contribution is 5.99. The van der Waals surface area contributed by atoms with Crippen molar-refractivity contribution in [2.24, 2.45) is 15.7 Å². The fourth-order valence-electron chi connectivity index (χ4n) is 0.808. The van der Waals surface area contributed by atoms with E-state index in [-0.39, 0.29) is 6.17 Å². The van der Waals surface area contributed by atoms with Crippen LogP contribution >= 0.6 is 0 Å². The molecule has 0 aromatic heterocycles. The Hall–Kier alpha value is -1.52. The molecule has 0 saturated heterocycles. The maximum atomic E-state index is 5.51. The molecule has 0 fully saturated rings. The molecule has 5 nitrogen and oxygen atoms in total. The van der Waals surface area contributed by atoms with E-state index >= 15 is 0 Å². The van der Waals surface area contributed by atoms with E-state index < -0.39 is 0 Å². The van der Waals surface area contributed by atoms with Crippen LogP contribution in [0.1, 0.15) is 0 Å². The smallest absolute Gasteiger partial charge is 0.202 e. The molecule has 66 valence electrons. The van der Waals surface area contributed by atoms with E-state index in [1.54, 1.807) is 6.08 Å². The first kappa shape index (κ1) is 8.58. The summed E-state index contributed by atoms with van der Waals surface area (Å²) >= 11 is 0. The van der Waals surface area contributed by atoms with Gasteiger partial charge in [-0.25, -0.2) is 9.98 Å². The first-order chi connectivity index (χ1) is 5.63. The minimum atomic E-state index is -0.261. The Morgan fingerprint density at radius 3 is 2.75 bits per heavy atom. The lowest BCUT2D eigenvalue weighted by Gasteiger charge is -2.21. The van der Waals surface area contributed by atoms with Gasteiger partial charge in [-0.1, -0.05) is 6.58 Å². The van der Waals surface area contributed by atoms with Gasteiger partial charge in [0.1, 0.15) is 0 Å². The Morgan fingerprint density at radius 2 is 2.25 bits per heavy atom. The summed E-state index contributed by atoms with van der Waals surface area (Å²) in [4.78, 5) is 10.0. The maximum absolute atomic E-state index is 5.51. The lowest BCUT2D eigenvalue weighted by molar-refractivity contribution is 0.588. The van der Waals surface area contributed by atoms with E-state index in [9.17, 15) is 0 Å². The predicted molar refractivity (Wildman–Crippen MR) is 49.9 cm³/mol. The predicted octanol–water partition coefficient (Wildman–Crippen LogP) is -0.666. The number of hydrogen-bond acceptors (Lipinski definition) is 5. The number of nitrogens with zero attached hydrogens (tertiary/aromatic N) is 3. The van der Waals surface area contributed by atoms with Crippen molar-refractivity contribution in [2.75, 3.05) is 14.1 Å². The molecule has 12 heavy (non-hydrogen) atoms. The standard InChI is InChI=1S/C7H13N5/c1-4-5-9-6(8)11-7(10-5)12(2)3/h4-5H,1H2,2-3H3,(H3,8,9,10,11). The van der Waals surface area contributed by atoms with Crippen LogP contribution in [0.4, 0.5) is 0 Å². The highest BCUT2D eigenvalue weighted by Crippen LogP contribution is 1.99. The Kier molecular flexibility index (Phi) is 2.32. The second-order valence-electron chi connectivity index (χ2n) is 2.64. The van der Waals surface area contributed by atoms with Crippen molar-refractivity contribution < 1.29 is 0 Å². The first-order valence-electron chi connectivity index (χ1n) is 3.61. The average molecular weight is 167 g/mol. The van der Waals surface area contributed by atoms with Crippen molar-refractivity contribution in [3.05, 3.63) is 12.7 Å². The molecule has 5 heteroatoms. The molecule has 1 unspecified atom stereocenters. The molecule has 1 atom stereocenters. The van der Waals surface area contributed by atoms with Crippen LogP contribution in [0.5, 0.6) is 0 Å². The van der Waals surface area contributed by atoms with Gasteiger partial charge in [0.25, 0.3) is 0 Å². The van der Waals surface area contributed by atoms with Crippen molar-refractivity contribution in [2.45, 2.75) is 6.17 Å². The summed E-state index contributed by atoms with van der Waals surface area (Å²) in [5.74, 6) is 1.08. The van der Waals surface area contributed by atoms with E-state index in [2.05, 4.69) is 21.9 Å². The molecule has 1 rings (SSSR count). The summed E-state index contributed by atoms with van der Waals surface area (Å²) in [7, 11) is 3.76. The number of hydrogen-bond donors (Lipinski definition) is 2. The summed E-state index contributed by atoms with van der Waals surface area (Å²) in [5.41, 5.74) is 5.51. The van der Waals surface area contributed by atoms with E-state index in [1.165, 1.54) is 0 Å². The largest absolute Gasteiger partial charge is 0.370 e. The van der Waals surface area contributed by atoms with Gasteiger partial charge in [0.05, 0.1) is 0 Å². The van der Waals surface area contributed by atoms with Crippen LogP contribution in [0.25, 0.3) is 0 Å². The van der Waals surface area contributed by atoms with Gasteiger partial charge < -0.3 is 10.6 Å². The number of nitrogens with one attached hydrogen (secondary N) is 1. The number of aliphatic imine (C=N–C) groups is 2. The van der Waals surface area contributed by atoms with Crippen LogP contribution in [0.15, 0.2) is 22.6 Å². The molecule has 0 aromatic rings. The normalized spacial score (nSPS) is 22.0. The van der Waals surface area contributed by atoms with Gasteiger partial charge in [0, 0.05) is 14.1 Å². The third-order valence-corrected chi connectivity index (χ3v) is 1.40. The fraction of sp³-hybridized carbons (Fsp3) is 0.429. The third kappa shape index (κ3) is 1.75. The summed E-state index contributed by atoms with van der Waals surface area (Å²) in [5, 5.41) is 2.84. The molecule has 0 amide bonds. The Morgan fingerprint density at radius 1 is 1.58 bits per heavy atom. The molecule has 0 bridgehead atoms. The monoisotopic (exact) mass is 167 g/mol. The molecule has 3 N–H and O–H groups in total. The molecule has 1 aliphatic rings. The van der Waals surface area contributed by atoms with Crippen LogP contribution in [0.3, 0.4) is 0 Å². The van der Waals surface area contributed by atoms with Crippen LogP contribution in [0, 0.1) is 0 Å². The zero-order chi connectivity index (χ0) is 9.14. The van der Waals surface area contributed by atoms with Crippen LogP contribution in [0.2, 0.25) is 0 Å². The van der Waals surface area contributed by atoms with Gasteiger partial charge >= 0.3 is 0 Å². The quantitative estimate of drug-likeness (QED) is 0.509. The van der Waals surface area contributed by atoms with E-state index in [0.717, 1.165) is 0 Å². The summed E-state index contributed by atoms with van der Waals surface area (Å²) < 4.78 is 0. The molecule has 0 saturated carbocycles. The summed E-state index contributed by atoms with van der Waals surface area (Å²) in [6.07, 6.45) is 1.38. The molecular formula is C7H13N5. The van der Waals surface area contributed by atoms with Crippen LogP contribution in [-0.4, -0.2) is 37.1 Å². The molecule has 0 aromatic carbocycles. The van der Waals surface area contributed by atoms with Gasteiger partial charge in [-0.05, 0) is 6.08 Å². The molecule has 1 aliphatic heterocycles. The number of rotatable bonds is 1. The van der Waals surface area contributed by atoms with Gasteiger partial charge in [-0.2, -0.15) is 0 Å². The maximum Gasteiger partial charge on any atom is 0.202 e. The SMILES string of the molecule is C=CC1N=C(N)NC(N(C)C)=N1. The first-order valence-corrected chi connectivity index (χ1v) is 3.61. The lowest BCUT2D eigenvalue weighted by Crippen LogP contribution is -2.47. The average Bonchev–Trinajstić information content (AvgIpc) is 2.03. The Labute approximate surface area is 71.7 Å². The molecule has 0 spiro atoms.